The van der Waals surface area contributed by atoms with Crippen LogP contribution in [0.5, 0.6) is 5.88 Å². The Morgan fingerprint density at radius 1 is 1.29 bits per heavy atom. The van der Waals surface area contributed by atoms with Crippen molar-refractivity contribution in [1.29, 1.82) is 5.26 Å². The SMILES string of the molecule is CCOc1ccc(NCC(O)c2ccc(C#N)cc2)cn1. The van der Waals surface area contributed by atoms with Gasteiger partial charge in [0.05, 0.1) is 36.2 Å². The molecular formula is C16H17N3O2. The van der Waals surface area contributed by atoms with Crippen molar-refractivity contribution in [3.8, 4) is 11.9 Å². The van der Waals surface area contributed by atoms with E-state index in [1.807, 2.05) is 19.1 Å². The van der Waals surface area contributed by atoms with Crippen molar-refractivity contribution in [2.24, 2.45) is 0 Å². The van der Waals surface area contributed by atoms with Gasteiger partial charge in [-0.05, 0) is 30.7 Å². The molecule has 1 unspecified atom stereocenters. The number of rotatable bonds is 6. The van der Waals surface area contributed by atoms with Crippen LogP contribution >= 0.6 is 0 Å². The van der Waals surface area contributed by atoms with Gasteiger partial charge in [0, 0.05) is 12.6 Å². The number of benzene rings is 1. The van der Waals surface area contributed by atoms with Gasteiger partial charge in [0.2, 0.25) is 5.88 Å². The Labute approximate surface area is 123 Å². The van der Waals surface area contributed by atoms with Gasteiger partial charge in [-0.3, -0.25) is 0 Å². The highest BCUT2D eigenvalue weighted by atomic mass is 16.5. The van der Waals surface area contributed by atoms with Gasteiger partial charge < -0.3 is 15.2 Å². The van der Waals surface area contributed by atoms with Crippen molar-refractivity contribution in [2.75, 3.05) is 18.5 Å². The number of nitrogens with zero attached hydrogens (tertiary/aromatic N) is 2. The highest BCUT2D eigenvalue weighted by Crippen LogP contribution is 2.16. The summed E-state index contributed by atoms with van der Waals surface area (Å²) in [6, 6.07) is 12.6. The van der Waals surface area contributed by atoms with E-state index in [1.54, 1.807) is 36.5 Å². The first-order valence-electron chi connectivity index (χ1n) is 6.73. The summed E-state index contributed by atoms with van der Waals surface area (Å²) < 4.78 is 5.26. The predicted molar refractivity (Wildman–Crippen MR) is 80.0 cm³/mol. The van der Waals surface area contributed by atoms with Crippen LogP contribution in [0.15, 0.2) is 42.6 Å². The van der Waals surface area contributed by atoms with Gasteiger partial charge in [0.1, 0.15) is 0 Å². The van der Waals surface area contributed by atoms with Crippen LogP contribution < -0.4 is 10.1 Å². The molecule has 0 saturated carbocycles. The van der Waals surface area contributed by atoms with Gasteiger partial charge in [0.15, 0.2) is 0 Å². The van der Waals surface area contributed by atoms with E-state index in [4.69, 9.17) is 10.00 Å². The number of pyridine rings is 1. The molecule has 2 N–H and O–H groups in total. The van der Waals surface area contributed by atoms with E-state index in [9.17, 15) is 5.11 Å². The summed E-state index contributed by atoms with van der Waals surface area (Å²) in [5.41, 5.74) is 2.15. The summed E-state index contributed by atoms with van der Waals surface area (Å²) in [6.07, 6.45) is 1.01. The molecule has 5 nitrogen and oxygen atoms in total. The topological polar surface area (TPSA) is 78.2 Å². The third-order valence-electron chi connectivity index (χ3n) is 2.95. The number of hydrogen-bond donors (Lipinski definition) is 2. The van der Waals surface area contributed by atoms with Crippen LogP contribution in [-0.4, -0.2) is 23.2 Å². The average molecular weight is 283 g/mol. The second-order valence-electron chi connectivity index (χ2n) is 4.45. The molecule has 0 radical (unpaired) electrons. The zero-order chi connectivity index (χ0) is 15.1. The van der Waals surface area contributed by atoms with E-state index < -0.39 is 6.10 Å². The van der Waals surface area contributed by atoms with Crippen LogP contribution in [0.3, 0.4) is 0 Å². The van der Waals surface area contributed by atoms with Crippen molar-refractivity contribution in [1.82, 2.24) is 4.98 Å². The van der Waals surface area contributed by atoms with Crippen LogP contribution in [0.2, 0.25) is 0 Å². The number of aromatic nitrogens is 1. The third-order valence-corrected chi connectivity index (χ3v) is 2.95. The van der Waals surface area contributed by atoms with Crippen molar-refractivity contribution in [3.05, 3.63) is 53.7 Å². The number of nitrogens with one attached hydrogen (secondary N) is 1. The second-order valence-corrected chi connectivity index (χ2v) is 4.45. The van der Waals surface area contributed by atoms with E-state index in [0.717, 1.165) is 11.3 Å². The molecule has 0 aliphatic heterocycles. The minimum absolute atomic E-state index is 0.363. The summed E-state index contributed by atoms with van der Waals surface area (Å²) in [5.74, 6) is 0.579. The highest BCUT2D eigenvalue weighted by molar-refractivity contribution is 5.42. The number of nitriles is 1. The maximum atomic E-state index is 10.1. The standard InChI is InChI=1S/C16H17N3O2/c1-2-21-16-8-7-14(10-19-16)18-11-15(20)13-5-3-12(9-17)4-6-13/h3-8,10,15,18,20H,2,11H2,1H3. The molecule has 0 saturated heterocycles. The summed E-state index contributed by atoms with van der Waals surface area (Å²) in [6.45, 7) is 2.85. The zero-order valence-electron chi connectivity index (χ0n) is 11.8. The van der Waals surface area contributed by atoms with Crippen molar-refractivity contribution >= 4 is 5.69 Å². The fourth-order valence-electron chi connectivity index (χ4n) is 1.83. The quantitative estimate of drug-likeness (QED) is 0.851. The fraction of sp³-hybridized carbons (Fsp3) is 0.250. The van der Waals surface area contributed by atoms with E-state index in [0.29, 0.717) is 24.6 Å². The molecule has 0 fully saturated rings. The Balaban J connectivity index is 1.90. The van der Waals surface area contributed by atoms with Gasteiger partial charge in [-0.15, -0.1) is 0 Å². The summed E-state index contributed by atoms with van der Waals surface area (Å²) >= 11 is 0. The first-order valence-corrected chi connectivity index (χ1v) is 6.73. The first kappa shape index (κ1) is 14.8. The number of anilines is 1. The van der Waals surface area contributed by atoms with Crippen LogP contribution in [0.25, 0.3) is 0 Å². The van der Waals surface area contributed by atoms with Crippen molar-refractivity contribution < 1.29 is 9.84 Å². The van der Waals surface area contributed by atoms with Crippen molar-refractivity contribution in [2.45, 2.75) is 13.0 Å². The Bertz CT molecular complexity index is 603. The van der Waals surface area contributed by atoms with Crippen LogP contribution in [0.1, 0.15) is 24.2 Å². The molecular weight excluding hydrogens is 266 g/mol. The number of aliphatic hydroxyl groups excluding tert-OH is 1. The molecule has 0 aliphatic carbocycles. The largest absolute Gasteiger partial charge is 0.478 e. The number of aliphatic hydroxyl groups is 1. The molecule has 2 aromatic rings. The molecule has 108 valence electrons. The predicted octanol–water partition coefficient (Wildman–Crippen LogP) is 2.50. The molecule has 21 heavy (non-hydrogen) atoms. The van der Waals surface area contributed by atoms with E-state index in [1.165, 1.54) is 0 Å². The number of ether oxygens (including phenoxy) is 1. The smallest absolute Gasteiger partial charge is 0.213 e. The summed E-state index contributed by atoms with van der Waals surface area (Å²) in [7, 11) is 0. The maximum absolute atomic E-state index is 10.1. The van der Waals surface area contributed by atoms with Gasteiger partial charge in [0.25, 0.3) is 0 Å². The average Bonchev–Trinajstić information content (AvgIpc) is 2.54. The molecule has 0 aliphatic rings. The molecule has 2 rings (SSSR count). The number of hydrogen-bond acceptors (Lipinski definition) is 5. The molecule has 0 amide bonds. The van der Waals surface area contributed by atoms with Gasteiger partial charge in [-0.1, -0.05) is 12.1 Å². The summed E-state index contributed by atoms with van der Waals surface area (Å²) in [4.78, 5) is 4.14. The molecule has 0 bridgehead atoms. The lowest BCUT2D eigenvalue weighted by atomic mass is 10.1. The van der Waals surface area contributed by atoms with Gasteiger partial charge >= 0.3 is 0 Å². The van der Waals surface area contributed by atoms with E-state index in [-0.39, 0.29) is 0 Å². The molecule has 1 atom stereocenters. The van der Waals surface area contributed by atoms with Crippen molar-refractivity contribution in [3.63, 3.8) is 0 Å². The van der Waals surface area contributed by atoms with Gasteiger partial charge in [-0.2, -0.15) is 5.26 Å². The first-order chi connectivity index (χ1) is 10.2. The Morgan fingerprint density at radius 2 is 2.05 bits per heavy atom. The Morgan fingerprint density at radius 3 is 2.62 bits per heavy atom. The third kappa shape index (κ3) is 4.20. The van der Waals surface area contributed by atoms with Crippen LogP contribution in [0.4, 0.5) is 5.69 Å². The van der Waals surface area contributed by atoms with E-state index in [2.05, 4.69) is 10.3 Å². The lowest BCUT2D eigenvalue weighted by Gasteiger charge is -2.13. The maximum Gasteiger partial charge on any atom is 0.213 e. The summed E-state index contributed by atoms with van der Waals surface area (Å²) in [5, 5.41) is 21.9. The molecule has 1 heterocycles. The monoisotopic (exact) mass is 283 g/mol. The minimum atomic E-state index is -0.649. The molecule has 5 heteroatoms. The molecule has 1 aromatic heterocycles. The minimum Gasteiger partial charge on any atom is -0.478 e. The zero-order valence-corrected chi connectivity index (χ0v) is 11.8. The Kier molecular flexibility index (Phi) is 5.13. The lowest BCUT2D eigenvalue weighted by molar-refractivity contribution is 0.191. The molecule has 0 spiro atoms. The van der Waals surface area contributed by atoms with Gasteiger partial charge in [-0.25, -0.2) is 4.98 Å². The van der Waals surface area contributed by atoms with Crippen LogP contribution in [0, 0.1) is 11.3 Å². The van der Waals surface area contributed by atoms with Crippen LogP contribution in [-0.2, 0) is 0 Å². The lowest BCUT2D eigenvalue weighted by Crippen LogP contribution is -2.12. The second kappa shape index (κ2) is 7.27. The Hall–Kier alpha value is -2.58. The highest BCUT2D eigenvalue weighted by Gasteiger charge is 2.07. The normalized spacial score (nSPS) is 11.5. The molecule has 1 aromatic carbocycles. The van der Waals surface area contributed by atoms with E-state index >= 15 is 0 Å². The fourth-order valence-corrected chi connectivity index (χ4v) is 1.83.